The van der Waals surface area contributed by atoms with Gasteiger partial charge in [0.25, 0.3) is 0 Å². The molecule has 6 heteroatoms. The molecule has 1 amide bonds. The second-order valence-corrected chi connectivity index (χ2v) is 9.98. The molecule has 1 aliphatic heterocycles. The number of phenols is 1. The van der Waals surface area contributed by atoms with Gasteiger partial charge < -0.3 is 20.0 Å². The second-order valence-electron chi connectivity index (χ2n) is 9.98. The molecule has 218 valence electrons. The van der Waals surface area contributed by atoms with Gasteiger partial charge in [-0.25, -0.2) is 0 Å². The lowest BCUT2D eigenvalue weighted by molar-refractivity contribution is -0.138. The van der Waals surface area contributed by atoms with Gasteiger partial charge in [-0.2, -0.15) is 0 Å². The molecule has 0 fully saturated rings. The Hall–Kier alpha value is -2.50. The number of nitrogens with zero attached hydrogens (tertiary/aromatic N) is 2. The van der Waals surface area contributed by atoms with Crippen LogP contribution >= 0.6 is 0 Å². The van der Waals surface area contributed by atoms with E-state index in [0.717, 1.165) is 68.1 Å². The highest BCUT2D eigenvalue weighted by Crippen LogP contribution is 2.45. The molecule has 0 aliphatic carbocycles. The Morgan fingerprint density at radius 2 is 1.68 bits per heavy atom. The maximum atomic E-state index is 12.7. The summed E-state index contributed by atoms with van der Waals surface area (Å²) in [5.41, 5.74) is 2.24. The molecule has 2 N–H and O–H groups in total. The first-order valence-electron chi connectivity index (χ1n) is 15.0. The van der Waals surface area contributed by atoms with Crippen LogP contribution in [0.1, 0.15) is 125 Å². The average Bonchev–Trinajstić information content (AvgIpc) is 2.91. The Morgan fingerprint density at radius 1 is 1.05 bits per heavy atom. The molecule has 0 bridgehead atoms. The average molecular weight is 533 g/mol. The molecule has 0 spiro atoms. The van der Waals surface area contributed by atoms with Gasteiger partial charge in [0.05, 0.1) is 5.54 Å². The van der Waals surface area contributed by atoms with Gasteiger partial charge >= 0.3 is 5.97 Å². The van der Waals surface area contributed by atoms with Crippen LogP contribution in [-0.4, -0.2) is 45.1 Å². The van der Waals surface area contributed by atoms with Gasteiger partial charge in [0, 0.05) is 19.2 Å². The molecule has 38 heavy (non-hydrogen) atoms. The minimum Gasteiger partial charge on any atom is -0.508 e. The monoisotopic (exact) mass is 532 g/mol. The van der Waals surface area contributed by atoms with Crippen molar-refractivity contribution >= 4 is 12.4 Å². The number of carbonyl (C=O) groups excluding carboxylic acids is 1. The summed E-state index contributed by atoms with van der Waals surface area (Å²) < 4.78 is 0. The summed E-state index contributed by atoms with van der Waals surface area (Å²) in [7, 11) is 0. The molecule has 0 aromatic heterocycles. The van der Waals surface area contributed by atoms with Crippen molar-refractivity contribution in [3.63, 3.8) is 0 Å². The number of carboxylic acids is 1. The second kappa shape index (κ2) is 18.7. The summed E-state index contributed by atoms with van der Waals surface area (Å²) >= 11 is 0. The van der Waals surface area contributed by atoms with E-state index in [1.165, 1.54) is 0 Å². The van der Waals surface area contributed by atoms with Crippen LogP contribution in [-0.2, 0) is 21.5 Å². The number of carbonyl (C=O) groups is 2. The van der Waals surface area contributed by atoms with Crippen LogP contribution < -0.4 is 0 Å². The Kier molecular flexibility index (Phi) is 17.5. The fourth-order valence-electron chi connectivity index (χ4n) is 5.16. The number of unbranched alkanes of at least 4 members (excludes halogenated alkanes) is 3. The lowest BCUT2D eigenvalue weighted by atomic mass is 9.75. The molecule has 2 unspecified atom stereocenters. The predicted octanol–water partition coefficient (Wildman–Crippen LogP) is 8.09. The van der Waals surface area contributed by atoms with E-state index < -0.39 is 11.5 Å². The van der Waals surface area contributed by atoms with Crippen LogP contribution in [0, 0.1) is 5.92 Å². The molecular formula is C32H56N2O4. The van der Waals surface area contributed by atoms with Gasteiger partial charge in [-0.3, -0.25) is 9.59 Å². The van der Waals surface area contributed by atoms with Crippen molar-refractivity contribution in [3.05, 3.63) is 41.1 Å². The largest absolute Gasteiger partial charge is 0.508 e. The van der Waals surface area contributed by atoms with Crippen molar-refractivity contribution < 1.29 is 19.8 Å². The first-order valence-corrected chi connectivity index (χ1v) is 15.0. The Morgan fingerprint density at radius 3 is 2.18 bits per heavy atom. The Labute approximate surface area is 233 Å². The number of hydrogen-bond donors (Lipinski definition) is 2. The quantitative estimate of drug-likeness (QED) is 0.187. The number of aryl methyl sites for hydroxylation is 1. The summed E-state index contributed by atoms with van der Waals surface area (Å²) in [6.45, 7) is 19.2. The van der Waals surface area contributed by atoms with Crippen LogP contribution in [0.15, 0.2) is 30.0 Å². The number of amides is 1. The number of carboxylic acid groups (broad SMARTS) is 1. The van der Waals surface area contributed by atoms with Crippen LogP contribution in [0.3, 0.4) is 0 Å². The molecule has 1 aromatic carbocycles. The zero-order chi connectivity index (χ0) is 29.3. The fourth-order valence-corrected chi connectivity index (χ4v) is 5.16. The normalized spacial score (nSPS) is 18.7. The van der Waals surface area contributed by atoms with Crippen molar-refractivity contribution in [3.8, 4) is 5.75 Å². The Bertz CT molecular complexity index is 852. The Balaban J connectivity index is 0.00000326. The number of aliphatic carboxylic acids is 1. The number of hydrogen-bond acceptors (Lipinski definition) is 4. The molecule has 6 nitrogen and oxygen atoms in total. The lowest BCUT2D eigenvalue weighted by Crippen LogP contribution is -2.59. The van der Waals surface area contributed by atoms with Gasteiger partial charge in [-0.15, -0.1) is 0 Å². The number of aromatic hydroxyl groups is 1. The standard InChI is InChI=1S/C28H44N2O4.2C2H6/c1-6-8-10-12-22-15-16-23(18-25(22)32)28(5)24(21(3)4)19-29(17-11-14-27(33)34)26(13-9-7-2)30(28)20-31;2*1-2/h15-16,18-21,26,32H,6-14,17H2,1-5H3,(H,33,34);2*1-2H3. The predicted molar refractivity (Wildman–Crippen MR) is 159 cm³/mol. The maximum absolute atomic E-state index is 12.7. The van der Waals surface area contributed by atoms with E-state index in [4.69, 9.17) is 5.11 Å². The third-order valence-corrected chi connectivity index (χ3v) is 7.14. The van der Waals surface area contributed by atoms with Gasteiger partial charge in [0.1, 0.15) is 11.9 Å². The molecule has 1 aliphatic rings. The van der Waals surface area contributed by atoms with Crippen LogP contribution in [0.4, 0.5) is 0 Å². The molecular weight excluding hydrogens is 476 g/mol. The number of benzene rings is 1. The summed E-state index contributed by atoms with van der Waals surface area (Å²) in [6, 6.07) is 5.91. The van der Waals surface area contributed by atoms with E-state index in [-0.39, 0.29) is 24.3 Å². The highest BCUT2D eigenvalue weighted by molar-refractivity contribution is 5.66. The summed E-state index contributed by atoms with van der Waals surface area (Å²) in [5.74, 6) is -0.354. The third-order valence-electron chi connectivity index (χ3n) is 7.14. The van der Waals surface area contributed by atoms with Crippen molar-refractivity contribution in [1.82, 2.24) is 9.80 Å². The molecule has 0 saturated carbocycles. The number of phenolic OH excluding ortho intramolecular Hbond substituents is 1. The van der Waals surface area contributed by atoms with Crippen molar-refractivity contribution in [1.29, 1.82) is 0 Å². The van der Waals surface area contributed by atoms with E-state index >= 15 is 0 Å². The zero-order valence-electron chi connectivity index (χ0n) is 25.7. The smallest absolute Gasteiger partial charge is 0.303 e. The molecule has 0 saturated heterocycles. The summed E-state index contributed by atoms with van der Waals surface area (Å²) in [6.07, 6.45) is 10.5. The van der Waals surface area contributed by atoms with E-state index in [1.54, 1.807) is 0 Å². The van der Waals surface area contributed by atoms with Crippen LogP contribution in [0.25, 0.3) is 0 Å². The van der Waals surface area contributed by atoms with Gasteiger partial charge in [-0.05, 0) is 67.7 Å². The number of rotatable bonds is 14. The molecule has 1 heterocycles. The van der Waals surface area contributed by atoms with Crippen LogP contribution in [0.2, 0.25) is 0 Å². The molecule has 1 aromatic rings. The molecule has 2 atom stereocenters. The highest BCUT2D eigenvalue weighted by atomic mass is 16.4. The first-order chi connectivity index (χ1) is 18.2. The van der Waals surface area contributed by atoms with Crippen molar-refractivity contribution in [2.24, 2.45) is 5.92 Å². The zero-order valence-corrected chi connectivity index (χ0v) is 25.7. The SMILES string of the molecule is CC.CC.CCCCCc1ccc(C2(C)C(C(C)C)=CN(CCCC(=O)O)C(CCCC)N2C=O)cc1O. The first kappa shape index (κ1) is 35.5. The molecule has 2 rings (SSSR count). The van der Waals surface area contributed by atoms with E-state index in [0.29, 0.717) is 13.0 Å². The lowest BCUT2D eigenvalue weighted by Gasteiger charge is -2.54. The topological polar surface area (TPSA) is 81.1 Å². The minimum absolute atomic E-state index is 0.105. The van der Waals surface area contributed by atoms with E-state index in [1.807, 2.05) is 44.7 Å². The highest BCUT2D eigenvalue weighted by Gasteiger charge is 2.46. The molecule has 0 radical (unpaired) electrons. The summed E-state index contributed by atoms with van der Waals surface area (Å²) in [4.78, 5) is 27.8. The van der Waals surface area contributed by atoms with Gasteiger partial charge in [0.15, 0.2) is 0 Å². The van der Waals surface area contributed by atoms with Gasteiger partial charge in [0.2, 0.25) is 6.41 Å². The minimum atomic E-state index is -0.804. The maximum Gasteiger partial charge on any atom is 0.303 e. The fraction of sp³-hybridized carbons (Fsp3) is 0.688. The van der Waals surface area contributed by atoms with Crippen molar-refractivity contribution in [2.45, 2.75) is 132 Å². The van der Waals surface area contributed by atoms with Crippen LogP contribution in [0.5, 0.6) is 5.75 Å². The van der Waals surface area contributed by atoms with E-state index in [9.17, 15) is 14.7 Å². The van der Waals surface area contributed by atoms with Gasteiger partial charge in [-0.1, -0.05) is 86.8 Å². The van der Waals surface area contributed by atoms with E-state index in [2.05, 4.69) is 51.8 Å². The van der Waals surface area contributed by atoms with Crippen molar-refractivity contribution in [2.75, 3.05) is 6.54 Å². The third kappa shape index (κ3) is 9.36. The summed E-state index contributed by atoms with van der Waals surface area (Å²) in [5, 5.41) is 20.0.